The predicted molar refractivity (Wildman–Crippen MR) is 122 cm³/mol. The maximum Gasteiger partial charge on any atom is 0.422 e. The van der Waals surface area contributed by atoms with Crippen LogP contribution in [0.5, 0.6) is 5.75 Å². The van der Waals surface area contributed by atoms with Crippen molar-refractivity contribution in [2.75, 3.05) is 37.8 Å². The Balaban J connectivity index is 1.48. The van der Waals surface area contributed by atoms with Crippen LogP contribution in [0.4, 0.5) is 18.2 Å². The molecule has 2 aromatic carbocycles. The Labute approximate surface area is 193 Å². The lowest BCUT2D eigenvalue weighted by molar-refractivity contribution is -0.153. The van der Waals surface area contributed by atoms with E-state index in [1.165, 1.54) is 23.5 Å². The van der Waals surface area contributed by atoms with Crippen molar-refractivity contribution in [3.05, 3.63) is 71.1 Å². The summed E-state index contributed by atoms with van der Waals surface area (Å²) in [5.41, 5.74) is 2.68. The third kappa shape index (κ3) is 6.27. The standard InChI is InChI=1S/C24H23F3N2O3S/c25-24(26,27)16-32-19-8-4-5-17(13-19)15-28-22(30)21-14-20(18-6-2-1-3-7-18)23(33-21)29-9-11-31-12-10-29/h1-8,13-14H,9-12,15-16H2,(H,28,30). The van der Waals surface area contributed by atoms with Crippen LogP contribution < -0.4 is 15.0 Å². The van der Waals surface area contributed by atoms with Gasteiger partial charge in [0, 0.05) is 25.2 Å². The molecule has 1 aliphatic heterocycles. The Morgan fingerprint density at radius 2 is 1.82 bits per heavy atom. The lowest BCUT2D eigenvalue weighted by atomic mass is 10.1. The zero-order valence-electron chi connectivity index (χ0n) is 17.7. The van der Waals surface area contributed by atoms with Gasteiger partial charge in [0.15, 0.2) is 6.61 Å². The fourth-order valence-corrected chi connectivity index (χ4v) is 4.65. The number of carbonyl (C=O) groups is 1. The number of nitrogens with one attached hydrogen (secondary N) is 1. The number of alkyl halides is 3. The lowest BCUT2D eigenvalue weighted by Crippen LogP contribution is -2.35. The number of rotatable bonds is 7. The Bertz CT molecular complexity index is 1080. The molecule has 1 amide bonds. The average molecular weight is 477 g/mol. The van der Waals surface area contributed by atoms with Gasteiger partial charge in [0.05, 0.1) is 23.1 Å². The van der Waals surface area contributed by atoms with Gasteiger partial charge in [-0.05, 0) is 29.3 Å². The van der Waals surface area contributed by atoms with Gasteiger partial charge in [-0.25, -0.2) is 0 Å². The van der Waals surface area contributed by atoms with Crippen LogP contribution in [0, 0.1) is 0 Å². The van der Waals surface area contributed by atoms with Crippen LogP contribution in [0.15, 0.2) is 60.7 Å². The summed E-state index contributed by atoms with van der Waals surface area (Å²) < 4.78 is 47.4. The Kier molecular flexibility index (Phi) is 7.20. The first-order valence-corrected chi connectivity index (χ1v) is 11.3. The molecule has 174 valence electrons. The largest absolute Gasteiger partial charge is 0.484 e. The molecular formula is C24H23F3N2O3S. The molecule has 4 rings (SSSR count). The van der Waals surface area contributed by atoms with Crippen molar-refractivity contribution in [1.29, 1.82) is 0 Å². The summed E-state index contributed by atoms with van der Waals surface area (Å²) in [6.45, 7) is 1.61. The topological polar surface area (TPSA) is 50.8 Å². The number of hydrogen-bond acceptors (Lipinski definition) is 5. The highest BCUT2D eigenvalue weighted by atomic mass is 32.1. The molecule has 5 nitrogen and oxygen atoms in total. The van der Waals surface area contributed by atoms with Gasteiger partial charge >= 0.3 is 6.18 Å². The number of ether oxygens (including phenoxy) is 2. The minimum Gasteiger partial charge on any atom is -0.484 e. The van der Waals surface area contributed by atoms with Crippen molar-refractivity contribution < 1.29 is 27.4 Å². The van der Waals surface area contributed by atoms with Gasteiger partial charge in [-0.2, -0.15) is 13.2 Å². The van der Waals surface area contributed by atoms with E-state index >= 15 is 0 Å². The summed E-state index contributed by atoms with van der Waals surface area (Å²) in [7, 11) is 0. The van der Waals surface area contributed by atoms with E-state index in [1.54, 1.807) is 12.1 Å². The van der Waals surface area contributed by atoms with E-state index in [0.717, 1.165) is 29.2 Å². The first-order valence-electron chi connectivity index (χ1n) is 10.5. The normalized spacial score (nSPS) is 14.2. The summed E-state index contributed by atoms with van der Waals surface area (Å²) in [6, 6.07) is 18.1. The molecule has 0 saturated carbocycles. The summed E-state index contributed by atoms with van der Waals surface area (Å²) in [5, 5.41) is 3.89. The minimum absolute atomic E-state index is 0.108. The second-order valence-electron chi connectivity index (χ2n) is 7.53. The van der Waals surface area contributed by atoms with Gasteiger partial charge in [0.1, 0.15) is 5.75 Å². The van der Waals surface area contributed by atoms with E-state index in [2.05, 4.69) is 10.2 Å². The Morgan fingerprint density at radius 3 is 2.55 bits per heavy atom. The van der Waals surface area contributed by atoms with Gasteiger partial charge in [0.25, 0.3) is 5.91 Å². The fraction of sp³-hybridized carbons (Fsp3) is 0.292. The number of carbonyl (C=O) groups excluding carboxylic acids is 1. The lowest BCUT2D eigenvalue weighted by Gasteiger charge is -2.28. The molecule has 0 atom stereocenters. The van der Waals surface area contributed by atoms with Crippen LogP contribution in [0.1, 0.15) is 15.2 Å². The van der Waals surface area contributed by atoms with Crippen molar-refractivity contribution in [2.24, 2.45) is 0 Å². The van der Waals surface area contributed by atoms with Crippen molar-refractivity contribution in [1.82, 2.24) is 5.32 Å². The van der Waals surface area contributed by atoms with Gasteiger partial charge in [-0.1, -0.05) is 42.5 Å². The van der Waals surface area contributed by atoms with E-state index in [0.29, 0.717) is 23.7 Å². The van der Waals surface area contributed by atoms with Crippen LogP contribution in [0.3, 0.4) is 0 Å². The summed E-state index contributed by atoms with van der Waals surface area (Å²) in [5.74, 6) is -0.130. The molecule has 0 unspecified atom stereocenters. The highest BCUT2D eigenvalue weighted by molar-refractivity contribution is 7.18. The average Bonchev–Trinajstić information content (AvgIpc) is 3.28. The van der Waals surface area contributed by atoms with Crippen molar-refractivity contribution in [2.45, 2.75) is 12.7 Å². The first kappa shape index (κ1) is 23.1. The zero-order chi connectivity index (χ0) is 23.3. The minimum atomic E-state index is -4.40. The van der Waals surface area contributed by atoms with Gasteiger partial charge in [-0.3, -0.25) is 4.79 Å². The summed E-state index contributed by atoms with van der Waals surface area (Å²) >= 11 is 1.43. The van der Waals surface area contributed by atoms with E-state index in [9.17, 15) is 18.0 Å². The van der Waals surface area contributed by atoms with Crippen LogP contribution in [0.25, 0.3) is 11.1 Å². The highest BCUT2D eigenvalue weighted by Crippen LogP contribution is 2.39. The fourth-order valence-electron chi connectivity index (χ4n) is 3.50. The molecule has 1 aromatic heterocycles. The number of anilines is 1. The molecule has 1 saturated heterocycles. The summed E-state index contributed by atoms with van der Waals surface area (Å²) in [4.78, 5) is 15.7. The molecule has 9 heteroatoms. The quantitative estimate of drug-likeness (QED) is 0.514. The van der Waals surface area contributed by atoms with Crippen molar-refractivity contribution >= 4 is 22.2 Å². The molecule has 1 fully saturated rings. The van der Waals surface area contributed by atoms with E-state index in [1.807, 2.05) is 36.4 Å². The van der Waals surface area contributed by atoms with E-state index in [-0.39, 0.29) is 18.2 Å². The third-order valence-electron chi connectivity index (χ3n) is 5.07. The molecule has 1 N–H and O–H groups in total. The molecule has 3 aromatic rings. The number of thiophene rings is 1. The molecule has 0 radical (unpaired) electrons. The van der Waals surface area contributed by atoms with Crippen LogP contribution in [0.2, 0.25) is 0 Å². The number of halogens is 3. The maximum absolute atomic E-state index is 12.9. The molecule has 2 heterocycles. The van der Waals surface area contributed by atoms with Gasteiger partial charge in [0.2, 0.25) is 0 Å². The monoisotopic (exact) mass is 476 g/mol. The SMILES string of the molecule is O=C(NCc1cccc(OCC(F)(F)F)c1)c1cc(-c2ccccc2)c(N2CCOCC2)s1. The molecule has 0 bridgehead atoms. The van der Waals surface area contributed by atoms with Crippen LogP contribution in [-0.4, -0.2) is 45.0 Å². The molecule has 0 spiro atoms. The first-order chi connectivity index (χ1) is 15.9. The van der Waals surface area contributed by atoms with Gasteiger partial charge in [-0.15, -0.1) is 11.3 Å². The molecule has 0 aliphatic carbocycles. The Morgan fingerprint density at radius 1 is 1.06 bits per heavy atom. The molecule has 1 aliphatic rings. The van der Waals surface area contributed by atoms with Crippen LogP contribution >= 0.6 is 11.3 Å². The number of morpholine rings is 1. The maximum atomic E-state index is 12.9. The number of benzene rings is 2. The van der Waals surface area contributed by atoms with Gasteiger partial charge < -0.3 is 19.7 Å². The molecule has 33 heavy (non-hydrogen) atoms. The van der Waals surface area contributed by atoms with Crippen molar-refractivity contribution in [3.63, 3.8) is 0 Å². The number of hydrogen-bond donors (Lipinski definition) is 1. The second-order valence-corrected chi connectivity index (χ2v) is 8.56. The third-order valence-corrected chi connectivity index (χ3v) is 6.27. The summed E-state index contributed by atoms with van der Waals surface area (Å²) in [6.07, 6.45) is -4.40. The van der Waals surface area contributed by atoms with Crippen molar-refractivity contribution in [3.8, 4) is 16.9 Å². The number of amides is 1. The zero-order valence-corrected chi connectivity index (χ0v) is 18.5. The second kappa shape index (κ2) is 10.3. The molecular weight excluding hydrogens is 453 g/mol. The van der Waals surface area contributed by atoms with E-state index in [4.69, 9.17) is 9.47 Å². The van der Waals surface area contributed by atoms with E-state index < -0.39 is 12.8 Å². The van der Waals surface area contributed by atoms with Crippen LogP contribution in [-0.2, 0) is 11.3 Å². The smallest absolute Gasteiger partial charge is 0.422 e. The highest BCUT2D eigenvalue weighted by Gasteiger charge is 2.28. The number of nitrogens with zero attached hydrogens (tertiary/aromatic N) is 1. The Hall–Kier alpha value is -3.04. The predicted octanol–water partition coefficient (Wildman–Crippen LogP) is 5.12.